The Morgan fingerprint density at radius 3 is 2.64 bits per heavy atom. The van der Waals surface area contributed by atoms with E-state index >= 15 is 0 Å². The van der Waals surface area contributed by atoms with Crippen LogP contribution in [0.1, 0.15) is 9.67 Å². The number of carbonyl (C=O) groups excluding carboxylic acids is 1. The van der Waals surface area contributed by atoms with Crippen LogP contribution < -0.4 is 10.2 Å². The molecule has 0 bridgehead atoms. The zero-order chi connectivity index (χ0) is 15.5. The Balaban J connectivity index is 1.79. The summed E-state index contributed by atoms with van der Waals surface area (Å²) in [6, 6.07) is 9.53. The van der Waals surface area contributed by atoms with Crippen LogP contribution in [0.2, 0.25) is 0 Å². The molecule has 1 N–H and O–H groups in total. The van der Waals surface area contributed by atoms with Gasteiger partial charge in [0.2, 0.25) is 0 Å². The summed E-state index contributed by atoms with van der Waals surface area (Å²) < 4.78 is 1.93. The van der Waals surface area contributed by atoms with Gasteiger partial charge in [0.25, 0.3) is 5.91 Å². The lowest BCUT2D eigenvalue weighted by molar-refractivity contribution is 0.103. The lowest BCUT2D eigenvalue weighted by Crippen LogP contribution is -2.14. The van der Waals surface area contributed by atoms with Crippen molar-refractivity contribution < 1.29 is 4.79 Å². The van der Waals surface area contributed by atoms with Crippen LogP contribution in [0.3, 0.4) is 0 Å². The van der Waals surface area contributed by atoms with Gasteiger partial charge in [-0.1, -0.05) is 0 Å². The van der Waals surface area contributed by atoms with E-state index in [0.29, 0.717) is 10.6 Å². The number of pyridine rings is 1. The Bertz CT molecular complexity index is 760. The average molecular weight is 312 g/mol. The van der Waals surface area contributed by atoms with Gasteiger partial charge in [-0.25, -0.2) is 4.98 Å². The number of nitrogens with one attached hydrogen (secondary N) is 1. The molecule has 6 heteroatoms. The standard InChI is InChI=1S/C16H16N4OS/c1-19(2)14-6-5-12(11-17-14)18-16(21)15-13(7-10-22-15)20-8-3-4-9-20/h3-11H,1-2H3,(H,18,21). The predicted molar refractivity (Wildman–Crippen MR) is 90.2 cm³/mol. The topological polar surface area (TPSA) is 50.2 Å². The second-order valence-corrected chi connectivity index (χ2v) is 5.90. The van der Waals surface area contributed by atoms with Gasteiger partial charge in [0, 0.05) is 26.5 Å². The zero-order valence-corrected chi connectivity index (χ0v) is 13.2. The van der Waals surface area contributed by atoms with Gasteiger partial charge in [-0.15, -0.1) is 11.3 Å². The van der Waals surface area contributed by atoms with Gasteiger partial charge < -0.3 is 14.8 Å². The number of nitrogens with zero attached hydrogens (tertiary/aromatic N) is 3. The van der Waals surface area contributed by atoms with Crippen LogP contribution in [0.5, 0.6) is 0 Å². The summed E-state index contributed by atoms with van der Waals surface area (Å²) in [5, 5.41) is 4.80. The van der Waals surface area contributed by atoms with Crippen LogP contribution >= 0.6 is 11.3 Å². The summed E-state index contributed by atoms with van der Waals surface area (Å²) in [6.07, 6.45) is 5.51. The molecule has 0 fully saturated rings. The van der Waals surface area contributed by atoms with E-state index in [0.717, 1.165) is 11.5 Å². The van der Waals surface area contributed by atoms with E-state index < -0.39 is 0 Å². The number of aromatic nitrogens is 2. The normalized spacial score (nSPS) is 10.5. The van der Waals surface area contributed by atoms with Gasteiger partial charge in [0.15, 0.2) is 0 Å². The van der Waals surface area contributed by atoms with Gasteiger partial charge in [-0.05, 0) is 35.7 Å². The Labute approximate surface area is 132 Å². The molecule has 3 aromatic heterocycles. The molecule has 0 aliphatic heterocycles. The minimum absolute atomic E-state index is 0.127. The molecule has 0 aromatic carbocycles. The number of rotatable bonds is 4. The van der Waals surface area contributed by atoms with Crippen molar-refractivity contribution in [1.29, 1.82) is 0 Å². The van der Waals surface area contributed by atoms with Gasteiger partial charge >= 0.3 is 0 Å². The molecule has 0 radical (unpaired) electrons. The van der Waals surface area contributed by atoms with E-state index in [1.165, 1.54) is 11.3 Å². The van der Waals surface area contributed by atoms with E-state index in [2.05, 4.69) is 10.3 Å². The van der Waals surface area contributed by atoms with Crippen LogP contribution in [0.4, 0.5) is 11.5 Å². The highest BCUT2D eigenvalue weighted by atomic mass is 32.1. The zero-order valence-electron chi connectivity index (χ0n) is 12.4. The van der Waals surface area contributed by atoms with E-state index in [4.69, 9.17) is 0 Å². The Morgan fingerprint density at radius 1 is 1.23 bits per heavy atom. The third kappa shape index (κ3) is 2.87. The molecule has 0 saturated carbocycles. The molecule has 5 nitrogen and oxygen atoms in total. The minimum atomic E-state index is -0.127. The molecule has 1 amide bonds. The summed E-state index contributed by atoms with van der Waals surface area (Å²) in [4.78, 5) is 19.3. The third-order valence-corrected chi connectivity index (χ3v) is 4.10. The van der Waals surface area contributed by atoms with Crippen molar-refractivity contribution in [3.05, 3.63) is 59.2 Å². The number of carbonyl (C=O) groups is 1. The summed E-state index contributed by atoms with van der Waals surface area (Å²) in [7, 11) is 3.85. The molecule has 112 valence electrons. The van der Waals surface area contributed by atoms with Gasteiger partial charge in [-0.2, -0.15) is 0 Å². The van der Waals surface area contributed by atoms with Gasteiger partial charge in [0.1, 0.15) is 10.7 Å². The summed E-state index contributed by atoms with van der Waals surface area (Å²) >= 11 is 1.42. The average Bonchev–Trinajstić information content (AvgIpc) is 3.18. The van der Waals surface area contributed by atoms with Crippen molar-refractivity contribution in [2.24, 2.45) is 0 Å². The maximum absolute atomic E-state index is 12.5. The van der Waals surface area contributed by atoms with E-state index in [1.54, 1.807) is 6.20 Å². The Kier molecular flexibility index (Phi) is 3.93. The molecule has 0 atom stereocenters. The smallest absolute Gasteiger partial charge is 0.267 e. The first-order valence-corrected chi connectivity index (χ1v) is 7.68. The number of anilines is 2. The molecule has 0 aliphatic rings. The molecule has 22 heavy (non-hydrogen) atoms. The second kappa shape index (κ2) is 6.03. The van der Waals surface area contributed by atoms with Gasteiger partial charge in [-0.3, -0.25) is 4.79 Å². The molecule has 0 spiro atoms. The van der Waals surface area contributed by atoms with Crippen molar-refractivity contribution in [2.45, 2.75) is 0 Å². The SMILES string of the molecule is CN(C)c1ccc(NC(=O)c2sccc2-n2cccc2)cn1. The first-order chi connectivity index (χ1) is 10.6. The molecule has 0 unspecified atom stereocenters. The first-order valence-electron chi connectivity index (χ1n) is 6.81. The van der Waals surface area contributed by atoms with Gasteiger partial charge in [0.05, 0.1) is 17.6 Å². The Morgan fingerprint density at radius 2 is 2.00 bits per heavy atom. The molecule has 3 rings (SSSR count). The Hall–Kier alpha value is -2.60. The number of thiophene rings is 1. The largest absolute Gasteiger partial charge is 0.363 e. The van der Waals surface area contributed by atoms with Crippen molar-refractivity contribution in [3.63, 3.8) is 0 Å². The number of amides is 1. The van der Waals surface area contributed by atoms with Crippen molar-refractivity contribution in [3.8, 4) is 5.69 Å². The summed E-state index contributed by atoms with van der Waals surface area (Å²) in [5.74, 6) is 0.722. The molecular weight excluding hydrogens is 296 g/mol. The lowest BCUT2D eigenvalue weighted by Gasteiger charge is -2.11. The molecule has 3 heterocycles. The molecular formula is C16H16N4OS. The fourth-order valence-electron chi connectivity index (χ4n) is 2.08. The quantitative estimate of drug-likeness (QED) is 0.804. The van der Waals surface area contributed by atoms with Crippen LogP contribution in [0.15, 0.2) is 54.3 Å². The first kappa shape index (κ1) is 14.3. The molecule has 0 aliphatic carbocycles. The number of hydrogen-bond acceptors (Lipinski definition) is 4. The van der Waals surface area contributed by atoms with E-state index in [9.17, 15) is 4.79 Å². The highest BCUT2D eigenvalue weighted by Gasteiger charge is 2.14. The fraction of sp³-hybridized carbons (Fsp3) is 0.125. The summed E-state index contributed by atoms with van der Waals surface area (Å²) in [6.45, 7) is 0. The van der Waals surface area contributed by atoms with Crippen LogP contribution in [-0.4, -0.2) is 29.6 Å². The number of hydrogen-bond donors (Lipinski definition) is 1. The van der Waals surface area contributed by atoms with E-state index in [-0.39, 0.29) is 5.91 Å². The third-order valence-electron chi connectivity index (χ3n) is 3.20. The predicted octanol–water partition coefficient (Wildman–Crippen LogP) is 3.25. The highest BCUT2D eigenvalue weighted by molar-refractivity contribution is 7.12. The lowest BCUT2D eigenvalue weighted by atomic mass is 10.3. The van der Waals surface area contributed by atoms with E-state index in [1.807, 2.05) is 71.7 Å². The minimum Gasteiger partial charge on any atom is -0.363 e. The van der Waals surface area contributed by atoms with Crippen LogP contribution in [-0.2, 0) is 0 Å². The highest BCUT2D eigenvalue weighted by Crippen LogP contribution is 2.23. The van der Waals surface area contributed by atoms with Crippen LogP contribution in [0, 0.1) is 0 Å². The van der Waals surface area contributed by atoms with Crippen molar-refractivity contribution in [1.82, 2.24) is 9.55 Å². The summed E-state index contributed by atoms with van der Waals surface area (Å²) in [5.41, 5.74) is 1.56. The monoisotopic (exact) mass is 312 g/mol. The fourth-order valence-corrected chi connectivity index (χ4v) is 2.87. The van der Waals surface area contributed by atoms with Crippen LogP contribution in [0.25, 0.3) is 5.69 Å². The maximum atomic E-state index is 12.5. The van der Waals surface area contributed by atoms with Crippen molar-refractivity contribution >= 4 is 28.7 Å². The molecule has 3 aromatic rings. The maximum Gasteiger partial charge on any atom is 0.267 e. The van der Waals surface area contributed by atoms with Crippen molar-refractivity contribution in [2.75, 3.05) is 24.3 Å². The second-order valence-electron chi connectivity index (χ2n) is 4.98. The molecule has 0 saturated heterocycles.